The maximum absolute atomic E-state index is 4.20. The summed E-state index contributed by atoms with van der Waals surface area (Å²) in [5.74, 6) is 0. The molecule has 14 heavy (non-hydrogen) atoms. The monoisotopic (exact) mass is 204 g/mol. The van der Waals surface area contributed by atoms with E-state index < -0.39 is 0 Å². The van der Waals surface area contributed by atoms with Crippen molar-refractivity contribution in [3.63, 3.8) is 0 Å². The summed E-state index contributed by atoms with van der Waals surface area (Å²) in [4.78, 5) is 4.20. The Morgan fingerprint density at radius 3 is 2.50 bits per heavy atom. The number of anilines is 2. The van der Waals surface area contributed by atoms with Gasteiger partial charge in [0.25, 0.3) is 0 Å². The van der Waals surface area contributed by atoms with E-state index in [0.29, 0.717) is 0 Å². The molecule has 1 heterocycles. The second-order valence-electron chi connectivity index (χ2n) is 3.23. The molecule has 0 aliphatic rings. The van der Waals surface area contributed by atoms with Gasteiger partial charge in [0.15, 0.2) is 5.13 Å². The van der Waals surface area contributed by atoms with E-state index in [1.165, 1.54) is 16.8 Å². The molecule has 2 aromatic rings. The third-order valence-corrected chi connectivity index (χ3v) is 2.83. The Bertz CT molecular complexity index is 401. The molecule has 0 radical (unpaired) electrons. The molecule has 0 saturated heterocycles. The molecular weight excluding hydrogens is 192 g/mol. The van der Waals surface area contributed by atoms with Crippen molar-refractivity contribution in [3.8, 4) is 0 Å². The van der Waals surface area contributed by atoms with Crippen molar-refractivity contribution in [3.05, 3.63) is 40.9 Å². The average molecular weight is 204 g/mol. The topological polar surface area (TPSA) is 24.9 Å². The molecule has 0 amide bonds. The van der Waals surface area contributed by atoms with Crippen LogP contribution in [0.25, 0.3) is 0 Å². The van der Waals surface area contributed by atoms with Crippen LogP contribution in [0.15, 0.2) is 29.8 Å². The van der Waals surface area contributed by atoms with Crippen LogP contribution < -0.4 is 5.32 Å². The maximum Gasteiger partial charge on any atom is 0.187 e. The average Bonchev–Trinajstić information content (AvgIpc) is 2.64. The molecule has 0 bridgehead atoms. The number of aryl methyl sites for hydroxylation is 2. The van der Waals surface area contributed by atoms with E-state index in [-0.39, 0.29) is 0 Å². The molecule has 0 saturated carbocycles. The quantitative estimate of drug-likeness (QED) is 0.809. The predicted octanol–water partition coefficient (Wildman–Crippen LogP) is 3.50. The van der Waals surface area contributed by atoms with Gasteiger partial charge in [0.2, 0.25) is 0 Å². The van der Waals surface area contributed by atoms with Gasteiger partial charge in [0.1, 0.15) is 0 Å². The van der Waals surface area contributed by atoms with E-state index in [1.807, 2.05) is 5.38 Å². The van der Waals surface area contributed by atoms with Crippen LogP contribution in [0.5, 0.6) is 0 Å². The van der Waals surface area contributed by atoms with E-state index >= 15 is 0 Å². The number of benzene rings is 1. The molecule has 1 aromatic carbocycles. The summed E-state index contributed by atoms with van der Waals surface area (Å²) in [6.07, 6.45) is 1.81. The first-order chi connectivity index (χ1) is 6.77. The van der Waals surface area contributed by atoms with Crippen LogP contribution in [-0.2, 0) is 0 Å². The fourth-order valence-electron chi connectivity index (χ4n) is 1.40. The van der Waals surface area contributed by atoms with Crippen molar-refractivity contribution >= 4 is 22.2 Å². The summed E-state index contributed by atoms with van der Waals surface area (Å²) in [6, 6.07) is 6.27. The first-order valence-electron chi connectivity index (χ1n) is 4.50. The van der Waals surface area contributed by atoms with E-state index in [9.17, 15) is 0 Å². The van der Waals surface area contributed by atoms with Gasteiger partial charge < -0.3 is 5.32 Å². The third kappa shape index (κ3) is 1.77. The summed E-state index contributed by atoms with van der Waals surface area (Å²) in [6.45, 7) is 4.20. The molecule has 1 aromatic heterocycles. The van der Waals surface area contributed by atoms with E-state index in [0.717, 1.165) is 5.13 Å². The molecule has 2 nitrogen and oxygen atoms in total. The molecule has 0 spiro atoms. The summed E-state index contributed by atoms with van der Waals surface area (Å²) in [5, 5.41) is 6.24. The first kappa shape index (κ1) is 9.21. The Labute approximate surface area is 87.6 Å². The Balaban J connectivity index is 2.33. The highest BCUT2D eigenvalue weighted by molar-refractivity contribution is 7.13. The van der Waals surface area contributed by atoms with Crippen molar-refractivity contribution in [1.29, 1.82) is 0 Å². The predicted molar refractivity (Wildman–Crippen MR) is 61.3 cm³/mol. The highest BCUT2D eigenvalue weighted by atomic mass is 32.1. The zero-order valence-corrected chi connectivity index (χ0v) is 9.06. The number of nitrogens with one attached hydrogen (secondary N) is 1. The second-order valence-corrected chi connectivity index (χ2v) is 4.12. The van der Waals surface area contributed by atoms with Gasteiger partial charge in [-0.2, -0.15) is 0 Å². The van der Waals surface area contributed by atoms with Gasteiger partial charge in [-0.05, 0) is 25.0 Å². The first-order valence-corrected chi connectivity index (χ1v) is 5.38. The molecule has 1 N–H and O–H groups in total. The van der Waals surface area contributed by atoms with Crippen molar-refractivity contribution in [1.82, 2.24) is 4.98 Å². The number of hydrogen-bond acceptors (Lipinski definition) is 3. The largest absolute Gasteiger partial charge is 0.331 e. The van der Waals surface area contributed by atoms with Crippen molar-refractivity contribution in [2.75, 3.05) is 5.32 Å². The molecule has 0 unspecified atom stereocenters. The lowest BCUT2D eigenvalue weighted by Crippen LogP contribution is -1.94. The van der Waals surface area contributed by atoms with Crippen LogP contribution >= 0.6 is 11.3 Å². The van der Waals surface area contributed by atoms with Crippen LogP contribution in [0.3, 0.4) is 0 Å². The minimum Gasteiger partial charge on any atom is -0.331 e. The lowest BCUT2D eigenvalue weighted by molar-refractivity contribution is 1.33. The molecular formula is C11H12N2S. The SMILES string of the molecule is Cc1cccc(C)c1Nc1nccs1. The van der Waals surface area contributed by atoms with E-state index in [1.54, 1.807) is 17.5 Å². The fraction of sp³-hybridized carbons (Fsp3) is 0.182. The minimum atomic E-state index is 0.947. The summed E-state index contributed by atoms with van der Waals surface area (Å²) in [5.41, 5.74) is 3.67. The van der Waals surface area contributed by atoms with E-state index in [4.69, 9.17) is 0 Å². The molecule has 0 atom stereocenters. The highest BCUT2D eigenvalue weighted by Gasteiger charge is 2.02. The molecule has 0 aliphatic heterocycles. The second kappa shape index (κ2) is 3.80. The molecule has 3 heteroatoms. The van der Waals surface area contributed by atoms with E-state index in [2.05, 4.69) is 42.3 Å². The molecule has 0 fully saturated rings. The zero-order chi connectivity index (χ0) is 9.97. The summed E-state index contributed by atoms with van der Waals surface area (Å²) in [7, 11) is 0. The van der Waals surface area contributed by atoms with Gasteiger partial charge in [0, 0.05) is 17.3 Å². The zero-order valence-electron chi connectivity index (χ0n) is 8.24. The fourth-order valence-corrected chi connectivity index (χ4v) is 1.94. The highest BCUT2D eigenvalue weighted by Crippen LogP contribution is 2.24. The Kier molecular flexibility index (Phi) is 2.50. The number of nitrogens with zero attached hydrogens (tertiary/aromatic N) is 1. The smallest absolute Gasteiger partial charge is 0.187 e. The van der Waals surface area contributed by atoms with Gasteiger partial charge >= 0.3 is 0 Å². The van der Waals surface area contributed by atoms with Gasteiger partial charge in [-0.1, -0.05) is 18.2 Å². The number of thiazole rings is 1. The van der Waals surface area contributed by atoms with Crippen LogP contribution in [0.2, 0.25) is 0 Å². The normalized spacial score (nSPS) is 10.1. The van der Waals surface area contributed by atoms with Gasteiger partial charge in [-0.25, -0.2) is 4.98 Å². The molecule has 2 rings (SSSR count). The van der Waals surface area contributed by atoms with Crippen molar-refractivity contribution in [2.24, 2.45) is 0 Å². The lowest BCUT2D eigenvalue weighted by Gasteiger charge is -2.09. The van der Waals surface area contributed by atoms with Crippen molar-refractivity contribution < 1.29 is 0 Å². The molecule has 72 valence electrons. The lowest BCUT2D eigenvalue weighted by atomic mass is 10.1. The van der Waals surface area contributed by atoms with Gasteiger partial charge in [0.05, 0.1) is 0 Å². The Hall–Kier alpha value is -1.35. The Morgan fingerprint density at radius 2 is 1.93 bits per heavy atom. The van der Waals surface area contributed by atoms with Crippen LogP contribution in [0.4, 0.5) is 10.8 Å². The Morgan fingerprint density at radius 1 is 1.21 bits per heavy atom. The number of aromatic nitrogens is 1. The number of rotatable bonds is 2. The summed E-state index contributed by atoms with van der Waals surface area (Å²) < 4.78 is 0. The van der Waals surface area contributed by atoms with Gasteiger partial charge in [-0.3, -0.25) is 0 Å². The van der Waals surface area contributed by atoms with Crippen molar-refractivity contribution in [2.45, 2.75) is 13.8 Å². The van der Waals surface area contributed by atoms with Gasteiger partial charge in [-0.15, -0.1) is 11.3 Å². The minimum absolute atomic E-state index is 0.947. The molecule has 0 aliphatic carbocycles. The summed E-state index contributed by atoms with van der Waals surface area (Å²) >= 11 is 1.61. The van der Waals surface area contributed by atoms with Crippen LogP contribution in [-0.4, -0.2) is 4.98 Å². The van der Waals surface area contributed by atoms with Crippen LogP contribution in [0, 0.1) is 13.8 Å². The van der Waals surface area contributed by atoms with Crippen LogP contribution in [0.1, 0.15) is 11.1 Å². The number of hydrogen-bond donors (Lipinski definition) is 1. The number of para-hydroxylation sites is 1. The standard InChI is InChI=1S/C11H12N2S/c1-8-4-3-5-9(2)10(8)13-11-12-6-7-14-11/h3-7H,1-2H3,(H,12,13). The maximum atomic E-state index is 4.20. The third-order valence-electron chi connectivity index (χ3n) is 2.15.